The minimum Gasteiger partial charge on any atom is -0.349 e. The van der Waals surface area contributed by atoms with Crippen molar-refractivity contribution in [1.29, 1.82) is 0 Å². The highest BCUT2D eigenvalue weighted by Crippen LogP contribution is 2.51. The van der Waals surface area contributed by atoms with Crippen molar-refractivity contribution in [3.8, 4) is 0 Å². The van der Waals surface area contributed by atoms with Gasteiger partial charge in [-0.3, -0.25) is 4.84 Å². The summed E-state index contributed by atoms with van der Waals surface area (Å²) in [5.41, 5.74) is 1.15. The molecule has 0 saturated carbocycles. The first-order chi connectivity index (χ1) is 13.2. The van der Waals surface area contributed by atoms with Gasteiger partial charge in [0.15, 0.2) is 5.79 Å². The fourth-order valence-corrected chi connectivity index (χ4v) is 4.95. The van der Waals surface area contributed by atoms with Crippen LogP contribution in [0.25, 0.3) is 0 Å². The maximum Gasteiger partial charge on any atom is 0.172 e. The van der Waals surface area contributed by atoms with Gasteiger partial charge in [-0.1, -0.05) is 58.0 Å². The third kappa shape index (κ3) is 4.46. The van der Waals surface area contributed by atoms with Crippen LogP contribution in [0.3, 0.4) is 0 Å². The van der Waals surface area contributed by atoms with Gasteiger partial charge in [0, 0.05) is 23.8 Å². The van der Waals surface area contributed by atoms with E-state index in [1.807, 2.05) is 0 Å². The SMILES string of the molecule is CCC1(CC)CC2(CC(C)(C)N1OCCc1ccccc1)OCC(C)(C)CO2. The highest BCUT2D eigenvalue weighted by molar-refractivity contribution is 5.14. The van der Waals surface area contributed by atoms with Gasteiger partial charge in [-0.25, -0.2) is 0 Å². The van der Waals surface area contributed by atoms with Crippen LogP contribution in [0.2, 0.25) is 0 Å². The van der Waals surface area contributed by atoms with Gasteiger partial charge < -0.3 is 9.47 Å². The Morgan fingerprint density at radius 2 is 1.54 bits per heavy atom. The van der Waals surface area contributed by atoms with E-state index in [9.17, 15) is 0 Å². The number of nitrogens with zero attached hydrogens (tertiary/aromatic N) is 1. The van der Waals surface area contributed by atoms with E-state index in [2.05, 4.69) is 76.9 Å². The molecule has 2 heterocycles. The number of piperidine rings is 1. The maximum absolute atomic E-state index is 6.50. The molecule has 0 unspecified atom stereocenters. The summed E-state index contributed by atoms with van der Waals surface area (Å²) < 4.78 is 12.9. The molecule has 0 amide bonds. The van der Waals surface area contributed by atoms with Crippen molar-refractivity contribution in [2.75, 3.05) is 19.8 Å². The second-order valence-corrected chi connectivity index (χ2v) is 10.1. The molecule has 2 saturated heterocycles. The summed E-state index contributed by atoms with van der Waals surface area (Å²) in [6, 6.07) is 10.6. The Morgan fingerprint density at radius 1 is 0.929 bits per heavy atom. The van der Waals surface area contributed by atoms with Crippen LogP contribution in [0, 0.1) is 5.41 Å². The first-order valence-electron chi connectivity index (χ1n) is 10.9. The molecule has 158 valence electrons. The Labute approximate surface area is 171 Å². The monoisotopic (exact) mass is 389 g/mol. The van der Waals surface area contributed by atoms with Crippen LogP contribution in [0.4, 0.5) is 0 Å². The summed E-state index contributed by atoms with van der Waals surface area (Å²) in [5.74, 6) is -0.496. The number of ether oxygens (including phenoxy) is 2. The van der Waals surface area contributed by atoms with Crippen LogP contribution in [0.15, 0.2) is 30.3 Å². The fourth-order valence-electron chi connectivity index (χ4n) is 4.95. The zero-order valence-electron chi connectivity index (χ0n) is 18.7. The molecule has 2 fully saturated rings. The topological polar surface area (TPSA) is 30.9 Å². The van der Waals surface area contributed by atoms with E-state index in [0.717, 1.165) is 45.3 Å². The molecule has 3 rings (SSSR count). The van der Waals surface area contributed by atoms with Crippen molar-refractivity contribution in [3.63, 3.8) is 0 Å². The van der Waals surface area contributed by atoms with E-state index >= 15 is 0 Å². The van der Waals surface area contributed by atoms with Crippen LogP contribution in [0.1, 0.15) is 72.8 Å². The van der Waals surface area contributed by atoms with Gasteiger partial charge in [-0.2, -0.15) is 5.06 Å². The van der Waals surface area contributed by atoms with E-state index in [1.165, 1.54) is 5.56 Å². The lowest BCUT2D eigenvalue weighted by Gasteiger charge is -2.61. The van der Waals surface area contributed by atoms with Crippen molar-refractivity contribution in [2.45, 2.75) is 90.5 Å². The van der Waals surface area contributed by atoms with Crippen LogP contribution < -0.4 is 0 Å². The summed E-state index contributed by atoms with van der Waals surface area (Å²) in [6.07, 6.45) is 4.62. The van der Waals surface area contributed by atoms with E-state index in [-0.39, 0.29) is 16.5 Å². The molecule has 2 aliphatic rings. The van der Waals surface area contributed by atoms with Crippen molar-refractivity contribution < 1.29 is 14.3 Å². The maximum atomic E-state index is 6.50. The molecular formula is C24H39NO3. The molecular weight excluding hydrogens is 350 g/mol. The molecule has 0 radical (unpaired) electrons. The van der Waals surface area contributed by atoms with Crippen LogP contribution in [-0.2, 0) is 20.7 Å². The van der Waals surface area contributed by atoms with Crippen molar-refractivity contribution >= 4 is 0 Å². The predicted molar refractivity (Wildman–Crippen MR) is 113 cm³/mol. The number of benzene rings is 1. The van der Waals surface area contributed by atoms with Gasteiger partial charge >= 0.3 is 0 Å². The molecule has 0 aromatic heterocycles. The zero-order chi connectivity index (χ0) is 20.5. The number of rotatable bonds is 6. The summed E-state index contributed by atoms with van der Waals surface area (Å²) in [4.78, 5) is 6.50. The predicted octanol–water partition coefficient (Wildman–Crippen LogP) is 5.36. The molecule has 4 heteroatoms. The first-order valence-corrected chi connectivity index (χ1v) is 10.9. The lowest BCUT2D eigenvalue weighted by Crippen LogP contribution is -2.69. The molecule has 28 heavy (non-hydrogen) atoms. The molecule has 0 N–H and O–H groups in total. The second kappa shape index (κ2) is 8.06. The molecule has 0 bridgehead atoms. The Kier molecular flexibility index (Phi) is 6.26. The highest BCUT2D eigenvalue weighted by atomic mass is 16.7. The number of hydrogen-bond acceptors (Lipinski definition) is 4. The van der Waals surface area contributed by atoms with Gasteiger partial charge in [-0.15, -0.1) is 0 Å². The van der Waals surface area contributed by atoms with Gasteiger partial charge in [0.2, 0.25) is 0 Å². The van der Waals surface area contributed by atoms with Crippen LogP contribution >= 0.6 is 0 Å². The second-order valence-electron chi connectivity index (χ2n) is 10.1. The van der Waals surface area contributed by atoms with Crippen molar-refractivity contribution in [2.24, 2.45) is 5.41 Å². The van der Waals surface area contributed by atoms with Gasteiger partial charge in [0.1, 0.15) is 0 Å². The lowest BCUT2D eigenvalue weighted by atomic mass is 9.73. The Morgan fingerprint density at radius 3 is 2.11 bits per heavy atom. The third-order valence-electron chi connectivity index (χ3n) is 6.50. The Hall–Kier alpha value is -0.940. The Balaban J connectivity index is 1.76. The quantitative estimate of drug-likeness (QED) is 0.655. The summed E-state index contributed by atoms with van der Waals surface area (Å²) in [7, 11) is 0. The van der Waals surface area contributed by atoms with Crippen LogP contribution in [0.5, 0.6) is 0 Å². The smallest absolute Gasteiger partial charge is 0.172 e. The highest BCUT2D eigenvalue weighted by Gasteiger charge is 2.58. The van der Waals surface area contributed by atoms with Gasteiger partial charge in [0.05, 0.1) is 25.4 Å². The normalized spacial score (nSPS) is 25.6. The molecule has 0 atom stereocenters. The average molecular weight is 390 g/mol. The van der Waals surface area contributed by atoms with E-state index in [4.69, 9.17) is 14.3 Å². The Bertz CT molecular complexity index is 627. The van der Waals surface area contributed by atoms with Gasteiger partial charge in [0.25, 0.3) is 0 Å². The van der Waals surface area contributed by atoms with E-state index in [0.29, 0.717) is 6.61 Å². The summed E-state index contributed by atoms with van der Waals surface area (Å²) in [5, 5.41) is 2.29. The largest absolute Gasteiger partial charge is 0.349 e. The lowest BCUT2D eigenvalue weighted by molar-refractivity contribution is -0.385. The molecule has 1 aromatic carbocycles. The minimum atomic E-state index is -0.496. The van der Waals surface area contributed by atoms with Gasteiger partial charge in [-0.05, 0) is 38.7 Å². The minimum absolute atomic E-state index is 0.0831. The molecule has 4 nitrogen and oxygen atoms in total. The molecule has 0 aliphatic carbocycles. The van der Waals surface area contributed by atoms with E-state index in [1.54, 1.807) is 0 Å². The van der Waals surface area contributed by atoms with Crippen molar-refractivity contribution in [3.05, 3.63) is 35.9 Å². The molecule has 2 aliphatic heterocycles. The van der Waals surface area contributed by atoms with Crippen LogP contribution in [-0.4, -0.2) is 41.7 Å². The average Bonchev–Trinajstić information content (AvgIpc) is 2.66. The summed E-state index contributed by atoms with van der Waals surface area (Å²) in [6.45, 7) is 15.7. The molecule has 1 aromatic rings. The van der Waals surface area contributed by atoms with Crippen molar-refractivity contribution in [1.82, 2.24) is 5.06 Å². The number of hydroxylamine groups is 2. The first kappa shape index (κ1) is 21.8. The standard InChI is InChI=1S/C24H39NO3/c1-7-23(8-2)17-24(26-18-21(3,4)19-27-24)16-22(5,6)25(23)28-15-14-20-12-10-9-11-13-20/h9-13H,7-8,14-19H2,1-6H3. The number of hydrogen-bond donors (Lipinski definition) is 0. The zero-order valence-corrected chi connectivity index (χ0v) is 18.7. The third-order valence-corrected chi connectivity index (χ3v) is 6.50. The molecule has 1 spiro atoms. The summed E-state index contributed by atoms with van der Waals surface area (Å²) >= 11 is 0. The fraction of sp³-hybridized carbons (Fsp3) is 0.750. The van der Waals surface area contributed by atoms with E-state index < -0.39 is 5.79 Å².